The lowest BCUT2D eigenvalue weighted by atomic mass is 10.2. The van der Waals surface area contributed by atoms with Gasteiger partial charge in [0.05, 0.1) is 5.69 Å². The highest BCUT2D eigenvalue weighted by Crippen LogP contribution is 2.44. The van der Waals surface area contributed by atoms with Crippen LogP contribution in [-0.4, -0.2) is 8.42 Å². The van der Waals surface area contributed by atoms with Crippen LogP contribution < -0.4 is 4.72 Å². The number of rotatable bonds is 0. The van der Waals surface area contributed by atoms with E-state index in [2.05, 4.69) is 4.72 Å². The van der Waals surface area contributed by atoms with E-state index in [0.29, 0.717) is 16.9 Å². The van der Waals surface area contributed by atoms with E-state index in [1.54, 1.807) is 6.07 Å². The number of hydrogen-bond acceptors (Lipinski definition) is 3. The molecule has 0 aliphatic carbocycles. The van der Waals surface area contributed by atoms with Gasteiger partial charge in [-0.1, -0.05) is 0 Å². The number of furan rings is 2. The van der Waals surface area contributed by atoms with E-state index < -0.39 is 10.0 Å². The van der Waals surface area contributed by atoms with Crippen LogP contribution in [0.15, 0.2) is 15.4 Å². The molecule has 3 heterocycles. The largest absolute Gasteiger partial charge is 0.453 e. The van der Waals surface area contributed by atoms with Crippen molar-refractivity contribution in [1.82, 2.24) is 0 Å². The van der Waals surface area contributed by atoms with Gasteiger partial charge in [0.15, 0.2) is 5.58 Å². The number of fused-ring (bicyclic) bond motifs is 1. The molecule has 2 bridgehead atoms. The molecule has 0 unspecified atom stereocenters. The van der Waals surface area contributed by atoms with Crippen LogP contribution in [0.3, 0.4) is 0 Å². The van der Waals surface area contributed by atoms with E-state index in [1.807, 2.05) is 6.92 Å². The van der Waals surface area contributed by atoms with Crippen molar-refractivity contribution >= 4 is 26.9 Å². The molecule has 0 radical (unpaired) electrons. The normalized spacial score (nSPS) is 18.8. The summed E-state index contributed by atoms with van der Waals surface area (Å²) in [5, 5.41) is 0. The maximum Gasteiger partial charge on any atom is 0.265 e. The Morgan fingerprint density at radius 1 is 1.50 bits per heavy atom. The highest BCUT2D eigenvalue weighted by molar-refractivity contribution is 7.93. The monoisotopic (exact) mass is 183 g/mol. The van der Waals surface area contributed by atoms with E-state index in [1.165, 1.54) is 0 Å². The highest BCUT2D eigenvalue weighted by Gasteiger charge is 2.34. The minimum atomic E-state index is -3.29. The Labute approximate surface area is 68.6 Å². The van der Waals surface area contributed by atoms with Gasteiger partial charge in [-0.2, -0.15) is 0 Å². The van der Waals surface area contributed by atoms with E-state index >= 15 is 0 Å². The third kappa shape index (κ3) is 0.464. The van der Waals surface area contributed by atoms with Crippen molar-refractivity contribution < 1.29 is 12.8 Å². The molecule has 0 spiro atoms. The summed E-state index contributed by atoms with van der Waals surface area (Å²) in [6.07, 6.45) is 0. The Morgan fingerprint density at radius 3 is 2.83 bits per heavy atom. The quantitative estimate of drug-likeness (QED) is 0.669. The molecule has 1 aliphatic heterocycles. The fraction of sp³-hybridized carbons (Fsp3) is 0.143. The van der Waals surface area contributed by atoms with Crippen LogP contribution in [-0.2, 0) is 10.0 Å². The zero-order valence-electron chi connectivity index (χ0n) is 6.21. The Bertz CT molecular complexity index is 566. The Morgan fingerprint density at radius 2 is 2.25 bits per heavy atom. The van der Waals surface area contributed by atoms with Crippen LogP contribution in [0.1, 0.15) is 5.56 Å². The van der Waals surface area contributed by atoms with Gasteiger partial charge in [-0.25, -0.2) is 8.42 Å². The average Bonchev–Trinajstić information content (AvgIpc) is 2.54. The van der Waals surface area contributed by atoms with Gasteiger partial charge in [-0.15, -0.1) is 0 Å². The number of anilines is 1. The number of nitrogens with one attached hydrogen (secondary N) is 1. The Hall–Kier alpha value is -1.23. The smallest absolute Gasteiger partial charge is 0.265 e. The molecule has 2 aromatic heterocycles. The zero-order chi connectivity index (χ0) is 8.51. The first-order chi connectivity index (χ1) is 5.59. The molecule has 0 aromatic carbocycles. The summed E-state index contributed by atoms with van der Waals surface area (Å²) in [5.41, 5.74) is 2.61. The summed E-state index contributed by atoms with van der Waals surface area (Å²) in [5.74, 6) is 0. The van der Waals surface area contributed by atoms with E-state index in [4.69, 9.17) is 4.42 Å². The molecular formula is C7H5NO3S. The van der Waals surface area contributed by atoms with E-state index in [-0.39, 0.29) is 4.90 Å². The number of sulfonamides is 1. The SMILES string of the molecule is Cc1c2c3oc1cc3S(=O)(=O)N2. The molecular weight excluding hydrogens is 178 g/mol. The topological polar surface area (TPSA) is 59.3 Å². The lowest BCUT2D eigenvalue weighted by molar-refractivity contribution is 0.602. The van der Waals surface area contributed by atoms with Crippen molar-refractivity contribution in [1.29, 1.82) is 0 Å². The third-order valence-corrected chi connectivity index (χ3v) is 3.55. The van der Waals surface area contributed by atoms with Crippen molar-refractivity contribution in [2.24, 2.45) is 0 Å². The molecule has 1 aliphatic rings. The number of hydrogen-bond donors (Lipinski definition) is 1. The van der Waals surface area contributed by atoms with Crippen molar-refractivity contribution in [3.05, 3.63) is 11.6 Å². The summed E-state index contributed by atoms with van der Waals surface area (Å²) in [6, 6.07) is 1.56. The molecule has 5 heteroatoms. The minimum Gasteiger partial charge on any atom is -0.453 e. The summed E-state index contributed by atoms with van der Waals surface area (Å²) < 4.78 is 30.3. The van der Waals surface area contributed by atoms with Crippen molar-refractivity contribution in [3.8, 4) is 0 Å². The summed E-state index contributed by atoms with van der Waals surface area (Å²) in [4.78, 5) is 0.276. The fourth-order valence-electron chi connectivity index (χ4n) is 1.54. The number of benzene rings is 1. The Balaban J connectivity index is 2.63. The van der Waals surface area contributed by atoms with Gasteiger partial charge < -0.3 is 4.42 Å². The van der Waals surface area contributed by atoms with Crippen LogP contribution >= 0.6 is 0 Å². The second-order valence-corrected chi connectivity index (χ2v) is 4.56. The maximum absolute atomic E-state index is 11.3. The first-order valence-electron chi connectivity index (χ1n) is 3.48. The predicted octanol–water partition coefficient (Wildman–Crippen LogP) is 1.29. The third-order valence-electron chi connectivity index (χ3n) is 2.20. The molecule has 12 heavy (non-hydrogen) atoms. The van der Waals surface area contributed by atoms with E-state index in [9.17, 15) is 8.42 Å². The zero-order valence-corrected chi connectivity index (χ0v) is 7.03. The lowest BCUT2D eigenvalue weighted by Crippen LogP contribution is -2.05. The Kier molecular flexibility index (Phi) is 0.761. The molecule has 2 aromatic rings. The molecule has 0 saturated heterocycles. The van der Waals surface area contributed by atoms with Gasteiger partial charge in [0.2, 0.25) is 0 Å². The van der Waals surface area contributed by atoms with Crippen molar-refractivity contribution in [2.75, 3.05) is 4.72 Å². The number of aryl methyl sites for hydroxylation is 1. The van der Waals surface area contributed by atoms with Crippen molar-refractivity contribution in [2.45, 2.75) is 11.8 Å². The van der Waals surface area contributed by atoms with Crippen LogP contribution in [0.25, 0.3) is 11.2 Å². The molecule has 0 fully saturated rings. The molecule has 62 valence electrons. The van der Waals surface area contributed by atoms with Crippen LogP contribution in [0.4, 0.5) is 5.69 Å². The van der Waals surface area contributed by atoms with Crippen LogP contribution in [0, 0.1) is 6.92 Å². The highest BCUT2D eigenvalue weighted by atomic mass is 32.2. The molecule has 0 amide bonds. The molecule has 1 N–H and O–H groups in total. The van der Waals surface area contributed by atoms with Gasteiger partial charge in [0.1, 0.15) is 10.5 Å². The molecule has 0 saturated carbocycles. The van der Waals surface area contributed by atoms with Gasteiger partial charge in [0.25, 0.3) is 10.0 Å². The second-order valence-electron chi connectivity index (χ2n) is 2.91. The summed E-state index contributed by atoms with van der Waals surface area (Å²) >= 11 is 0. The van der Waals surface area contributed by atoms with E-state index in [0.717, 1.165) is 5.56 Å². The standard InChI is InChI=1S/C7H5NO3S/c1-3-4-2-5-7(11-4)6(3)8-12(5,9)10/h2,8H,1H3. The van der Waals surface area contributed by atoms with Crippen molar-refractivity contribution in [3.63, 3.8) is 0 Å². The molecule has 0 atom stereocenters. The fourth-order valence-corrected chi connectivity index (χ4v) is 2.81. The van der Waals surface area contributed by atoms with Gasteiger partial charge in [0, 0.05) is 11.6 Å². The summed E-state index contributed by atoms with van der Waals surface area (Å²) in [7, 11) is -3.29. The van der Waals surface area contributed by atoms with Gasteiger partial charge in [-0.3, -0.25) is 4.72 Å². The van der Waals surface area contributed by atoms with Gasteiger partial charge >= 0.3 is 0 Å². The second kappa shape index (κ2) is 1.45. The van der Waals surface area contributed by atoms with Crippen LogP contribution in [0.5, 0.6) is 0 Å². The summed E-state index contributed by atoms with van der Waals surface area (Å²) in [6.45, 7) is 1.83. The first kappa shape index (κ1) is 6.30. The average molecular weight is 183 g/mol. The molecule has 3 rings (SSSR count). The van der Waals surface area contributed by atoms with Crippen LogP contribution in [0.2, 0.25) is 0 Å². The lowest BCUT2D eigenvalue weighted by Gasteiger charge is -1.92. The predicted molar refractivity (Wildman–Crippen MR) is 42.9 cm³/mol. The minimum absolute atomic E-state index is 0.276. The first-order valence-corrected chi connectivity index (χ1v) is 4.96. The van der Waals surface area contributed by atoms with Gasteiger partial charge in [-0.05, 0) is 6.92 Å². The molecule has 4 nitrogen and oxygen atoms in total. The maximum atomic E-state index is 11.3.